The fourth-order valence-electron chi connectivity index (χ4n) is 3.84. The first-order chi connectivity index (χ1) is 16.0. The standard InChI is InChI=1S/C25H34O9/c1-13(2)22(28)25(31)32-18-7-6-14(3)10-19(34-24(30)17(12-27)8-9-26)21-16(5)23(29)33-20(21)11-15(18)4/h6,8,11,13,18-22,26-28H,5,7,9-10,12H2,1-4H3/b14-6+,15-11-,17-8+/t18-,19+,20-,21+,22+/m0/s1. The van der Waals surface area contributed by atoms with E-state index in [0.717, 1.165) is 11.6 Å². The van der Waals surface area contributed by atoms with Gasteiger partial charge in [0.1, 0.15) is 18.3 Å². The van der Waals surface area contributed by atoms with Crippen molar-refractivity contribution >= 4 is 17.9 Å². The molecule has 5 atom stereocenters. The summed E-state index contributed by atoms with van der Waals surface area (Å²) in [5.41, 5.74) is 1.45. The van der Waals surface area contributed by atoms with Crippen LogP contribution in [0.2, 0.25) is 0 Å². The molecule has 0 aromatic heterocycles. The Labute approximate surface area is 199 Å². The predicted octanol–water partition coefficient (Wildman–Crippen LogP) is 1.52. The van der Waals surface area contributed by atoms with E-state index in [9.17, 15) is 24.6 Å². The van der Waals surface area contributed by atoms with Gasteiger partial charge in [-0.05, 0) is 37.5 Å². The lowest BCUT2D eigenvalue weighted by Crippen LogP contribution is -2.35. The van der Waals surface area contributed by atoms with Crippen molar-refractivity contribution in [3.8, 4) is 0 Å². The summed E-state index contributed by atoms with van der Waals surface area (Å²) in [5.74, 6) is -3.19. The summed E-state index contributed by atoms with van der Waals surface area (Å²) in [6.07, 6.45) is 1.60. The summed E-state index contributed by atoms with van der Waals surface area (Å²) in [6.45, 7) is 9.73. The summed E-state index contributed by atoms with van der Waals surface area (Å²) < 4.78 is 16.7. The number of carbonyl (C=O) groups excluding carboxylic acids is 3. The molecule has 0 aromatic rings. The molecule has 1 saturated heterocycles. The van der Waals surface area contributed by atoms with Gasteiger partial charge in [-0.1, -0.05) is 32.1 Å². The molecule has 1 heterocycles. The largest absolute Gasteiger partial charge is 0.458 e. The first-order valence-electron chi connectivity index (χ1n) is 11.2. The van der Waals surface area contributed by atoms with Crippen LogP contribution in [0.3, 0.4) is 0 Å². The average Bonchev–Trinajstić information content (AvgIpc) is 3.05. The SMILES string of the molecule is C=C1C(=O)O[C@H]2/C=C(/C)[C@@H](OC(=O)[C@H](O)C(C)C)C/C=C(\C)C[C@@H](OC(=O)/C(=C/CO)CO)[C@@H]12. The van der Waals surface area contributed by atoms with E-state index in [2.05, 4.69) is 6.58 Å². The second-order valence-electron chi connectivity index (χ2n) is 8.95. The molecule has 0 bridgehead atoms. The molecule has 0 radical (unpaired) electrons. The van der Waals surface area contributed by atoms with Crippen molar-refractivity contribution in [3.05, 3.63) is 47.1 Å². The molecular formula is C25H34O9. The van der Waals surface area contributed by atoms with E-state index < -0.39 is 61.5 Å². The van der Waals surface area contributed by atoms with Crippen LogP contribution in [0, 0.1) is 11.8 Å². The molecule has 0 unspecified atom stereocenters. The van der Waals surface area contributed by atoms with Crippen molar-refractivity contribution < 1.29 is 43.9 Å². The molecule has 0 spiro atoms. The van der Waals surface area contributed by atoms with Gasteiger partial charge in [-0.25, -0.2) is 14.4 Å². The zero-order chi connectivity index (χ0) is 25.6. The number of carbonyl (C=O) groups is 3. The van der Waals surface area contributed by atoms with Crippen LogP contribution in [0.1, 0.15) is 40.5 Å². The molecule has 9 nitrogen and oxygen atoms in total. The van der Waals surface area contributed by atoms with E-state index >= 15 is 0 Å². The molecule has 34 heavy (non-hydrogen) atoms. The highest BCUT2D eigenvalue weighted by atomic mass is 16.6. The number of hydrogen-bond donors (Lipinski definition) is 3. The zero-order valence-electron chi connectivity index (χ0n) is 20.0. The number of fused-ring (bicyclic) bond motifs is 1. The Kier molecular flexibility index (Phi) is 9.78. The van der Waals surface area contributed by atoms with E-state index in [1.165, 1.54) is 0 Å². The molecule has 1 aliphatic heterocycles. The van der Waals surface area contributed by atoms with Gasteiger partial charge in [-0.3, -0.25) is 0 Å². The third kappa shape index (κ3) is 6.65. The van der Waals surface area contributed by atoms with Crippen molar-refractivity contribution in [3.63, 3.8) is 0 Å². The van der Waals surface area contributed by atoms with E-state index in [0.29, 0.717) is 12.0 Å². The van der Waals surface area contributed by atoms with Crippen LogP contribution >= 0.6 is 0 Å². The predicted molar refractivity (Wildman–Crippen MR) is 122 cm³/mol. The van der Waals surface area contributed by atoms with Gasteiger partial charge in [0.2, 0.25) is 0 Å². The van der Waals surface area contributed by atoms with Gasteiger partial charge in [-0.15, -0.1) is 0 Å². The first-order valence-corrected chi connectivity index (χ1v) is 11.2. The molecule has 2 rings (SSSR count). The third-order valence-electron chi connectivity index (χ3n) is 5.96. The Hall–Kier alpha value is -2.75. The Balaban J connectivity index is 2.39. The summed E-state index contributed by atoms with van der Waals surface area (Å²) >= 11 is 0. The number of aliphatic hydroxyl groups excluding tert-OH is 3. The Morgan fingerprint density at radius 2 is 1.94 bits per heavy atom. The minimum atomic E-state index is -1.26. The number of hydrogen-bond acceptors (Lipinski definition) is 9. The van der Waals surface area contributed by atoms with E-state index in [-0.39, 0.29) is 23.5 Å². The van der Waals surface area contributed by atoms with Gasteiger partial charge in [-0.2, -0.15) is 0 Å². The molecule has 1 fully saturated rings. The molecule has 9 heteroatoms. The van der Waals surface area contributed by atoms with E-state index in [4.69, 9.17) is 19.3 Å². The quantitative estimate of drug-likeness (QED) is 0.215. The highest BCUT2D eigenvalue weighted by Gasteiger charge is 2.45. The van der Waals surface area contributed by atoms with Crippen LogP contribution in [0.25, 0.3) is 0 Å². The summed E-state index contributed by atoms with van der Waals surface area (Å²) in [4.78, 5) is 37.3. The van der Waals surface area contributed by atoms with Crippen LogP contribution in [0.4, 0.5) is 0 Å². The first kappa shape index (κ1) is 27.5. The highest BCUT2D eigenvalue weighted by Crippen LogP contribution is 2.37. The van der Waals surface area contributed by atoms with Crippen LogP contribution in [0.15, 0.2) is 47.1 Å². The van der Waals surface area contributed by atoms with Crippen LogP contribution in [-0.4, -0.2) is 70.9 Å². The number of ether oxygens (including phenoxy) is 3. The Bertz CT molecular complexity index is 896. The molecule has 0 saturated carbocycles. The molecule has 1 aliphatic carbocycles. The normalized spacial score (nSPS) is 29.8. The van der Waals surface area contributed by atoms with Crippen molar-refractivity contribution in [2.24, 2.45) is 11.8 Å². The van der Waals surface area contributed by atoms with Crippen molar-refractivity contribution in [2.75, 3.05) is 13.2 Å². The zero-order valence-corrected chi connectivity index (χ0v) is 20.0. The van der Waals surface area contributed by atoms with Gasteiger partial charge in [0.25, 0.3) is 0 Å². The van der Waals surface area contributed by atoms with Gasteiger partial charge in [0.15, 0.2) is 6.10 Å². The maximum absolute atomic E-state index is 12.6. The van der Waals surface area contributed by atoms with Gasteiger partial charge in [0.05, 0.1) is 24.7 Å². The van der Waals surface area contributed by atoms with Crippen molar-refractivity contribution in [1.29, 1.82) is 0 Å². The molecule has 0 aromatic carbocycles. The second kappa shape index (κ2) is 12.1. The fourth-order valence-corrected chi connectivity index (χ4v) is 3.84. The molecule has 0 amide bonds. The highest BCUT2D eigenvalue weighted by molar-refractivity contribution is 5.92. The Morgan fingerprint density at radius 3 is 2.53 bits per heavy atom. The number of aliphatic hydroxyl groups is 3. The molecule has 2 aliphatic rings. The van der Waals surface area contributed by atoms with Crippen LogP contribution in [-0.2, 0) is 28.6 Å². The van der Waals surface area contributed by atoms with Crippen molar-refractivity contribution in [2.45, 2.75) is 65.0 Å². The minimum absolute atomic E-state index is 0.101. The smallest absolute Gasteiger partial charge is 0.336 e. The Morgan fingerprint density at radius 1 is 1.26 bits per heavy atom. The van der Waals surface area contributed by atoms with Gasteiger partial charge >= 0.3 is 17.9 Å². The minimum Gasteiger partial charge on any atom is -0.458 e. The topological polar surface area (TPSA) is 140 Å². The molecule has 3 N–H and O–H groups in total. The van der Waals surface area contributed by atoms with Gasteiger partial charge < -0.3 is 29.5 Å². The molecule has 188 valence electrons. The number of rotatable bonds is 7. The van der Waals surface area contributed by atoms with E-state index in [1.54, 1.807) is 26.8 Å². The summed E-state index contributed by atoms with van der Waals surface area (Å²) in [5, 5.41) is 28.6. The van der Waals surface area contributed by atoms with Crippen LogP contribution in [0.5, 0.6) is 0 Å². The number of esters is 3. The lowest BCUT2D eigenvalue weighted by atomic mass is 9.85. The third-order valence-corrected chi connectivity index (χ3v) is 5.96. The fraction of sp³-hybridized carbons (Fsp3) is 0.560. The summed E-state index contributed by atoms with van der Waals surface area (Å²) in [6, 6.07) is 0. The summed E-state index contributed by atoms with van der Waals surface area (Å²) in [7, 11) is 0. The maximum atomic E-state index is 12.6. The monoisotopic (exact) mass is 478 g/mol. The lowest BCUT2D eigenvalue weighted by molar-refractivity contribution is -0.159. The second-order valence-corrected chi connectivity index (χ2v) is 8.95. The maximum Gasteiger partial charge on any atom is 0.336 e. The van der Waals surface area contributed by atoms with Crippen LogP contribution < -0.4 is 0 Å². The lowest BCUT2D eigenvalue weighted by Gasteiger charge is -2.29. The average molecular weight is 479 g/mol. The van der Waals surface area contributed by atoms with E-state index in [1.807, 2.05) is 13.0 Å². The van der Waals surface area contributed by atoms with Crippen molar-refractivity contribution in [1.82, 2.24) is 0 Å². The van der Waals surface area contributed by atoms with Gasteiger partial charge in [0, 0.05) is 18.4 Å². The molecular weight excluding hydrogens is 444 g/mol.